The van der Waals surface area contributed by atoms with Crippen molar-refractivity contribution in [2.24, 2.45) is 5.41 Å². The van der Waals surface area contributed by atoms with Gasteiger partial charge in [-0.3, -0.25) is 4.79 Å². The van der Waals surface area contributed by atoms with E-state index in [1.165, 1.54) is 0 Å². The predicted octanol–water partition coefficient (Wildman–Crippen LogP) is 2.54. The van der Waals surface area contributed by atoms with Gasteiger partial charge in [0.2, 0.25) is 0 Å². The summed E-state index contributed by atoms with van der Waals surface area (Å²) in [4.78, 5) is 11.3. The van der Waals surface area contributed by atoms with Crippen LogP contribution in [0.5, 0.6) is 0 Å². The standard InChI is InChI=1S/C10H18O2/c1-6-7-8(2)12-9(11)10(3,4)5/h6-8H,1-5H3/b7-6+/t8-/m1/s1. The van der Waals surface area contributed by atoms with Crippen LogP contribution in [0, 0.1) is 5.41 Å². The van der Waals surface area contributed by atoms with Crippen LogP contribution in [-0.4, -0.2) is 12.1 Å². The highest BCUT2D eigenvalue weighted by atomic mass is 16.5. The van der Waals surface area contributed by atoms with Gasteiger partial charge in [0.15, 0.2) is 0 Å². The molecular weight excluding hydrogens is 152 g/mol. The fraction of sp³-hybridized carbons (Fsp3) is 0.700. The number of rotatable bonds is 2. The minimum absolute atomic E-state index is 0.123. The van der Waals surface area contributed by atoms with Gasteiger partial charge in [0, 0.05) is 0 Å². The van der Waals surface area contributed by atoms with Gasteiger partial charge in [-0.2, -0.15) is 0 Å². The maximum absolute atomic E-state index is 11.3. The Hall–Kier alpha value is -0.790. The average molecular weight is 170 g/mol. The van der Waals surface area contributed by atoms with E-state index in [4.69, 9.17) is 4.74 Å². The van der Waals surface area contributed by atoms with E-state index in [1.54, 1.807) is 0 Å². The zero-order valence-electron chi connectivity index (χ0n) is 8.55. The first kappa shape index (κ1) is 11.2. The molecule has 70 valence electrons. The fourth-order valence-electron chi connectivity index (χ4n) is 0.656. The first-order valence-electron chi connectivity index (χ1n) is 4.22. The highest BCUT2D eigenvalue weighted by Crippen LogP contribution is 2.16. The van der Waals surface area contributed by atoms with Crippen molar-refractivity contribution < 1.29 is 9.53 Å². The molecule has 0 rings (SSSR count). The topological polar surface area (TPSA) is 26.3 Å². The summed E-state index contributed by atoms with van der Waals surface area (Å²) < 4.78 is 5.13. The zero-order valence-corrected chi connectivity index (χ0v) is 8.55. The third-order valence-electron chi connectivity index (χ3n) is 1.37. The lowest BCUT2D eigenvalue weighted by molar-refractivity contribution is -0.155. The van der Waals surface area contributed by atoms with Crippen molar-refractivity contribution in [3.05, 3.63) is 12.2 Å². The Kier molecular flexibility index (Phi) is 4.01. The van der Waals surface area contributed by atoms with E-state index in [9.17, 15) is 4.79 Å². The average Bonchev–Trinajstić information content (AvgIpc) is 1.85. The molecule has 0 saturated carbocycles. The first-order chi connectivity index (χ1) is 5.38. The molecule has 0 radical (unpaired) electrons. The Balaban J connectivity index is 4.02. The summed E-state index contributed by atoms with van der Waals surface area (Å²) in [7, 11) is 0. The number of hydrogen-bond acceptors (Lipinski definition) is 2. The van der Waals surface area contributed by atoms with Gasteiger partial charge in [0.05, 0.1) is 5.41 Å². The number of ether oxygens (including phenoxy) is 1. The second-order valence-corrected chi connectivity index (χ2v) is 3.89. The van der Waals surface area contributed by atoms with Crippen molar-refractivity contribution in [2.45, 2.75) is 40.7 Å². The highest BCUT2D eigenvalue weighted by Gasteiger charge is 2.23. The van der Waals surface area contributed by atoms with Crippen LogP contribution < -0.4 is 0 Å². The molecule has 0 aromatic rings. The Morgan fingerprint density at radius 3 is 2.25 bits per heavy atom. The summed E-state index contributed by atoms with van der Waals surface area (Å²) in [6, 6.07) is 0. The highest BCUT2D eigenvalue weighted by molar-refractivity contribution is 5.75. The molecule has 0 saturated heterocycles. The monoisotopic (exact) mass is 170 g/mol. The minimum Gasteiger partial charge on any atom is -0.458 e. The van der Waals surface area contributed by atoms with Crippen molar-refractivity contribution in [3.63, 3.8) is 0 Å². The van der Waals surface area contributed by atoms with Crippen LogP contribution in [0.4, 0.5) is 0 Å². The molecule has 2 nitrogen and oxygen atoms in total. The number of esters is 1. The Morgan fingerprint density at radius 1 is 1.42 bits per heavy atom. The first-order valence-corrected chi connectivity index (χ1v) is 4.22. The van der Waals surface area contributed by atoms with Gasteiger partial charge in [-0.1, -0.05) is 6.08 Å². The predicted molar refractivity (Wildman–Crippen MR) is 49.8 cm³/mol. The Labute approximate surface area is 74.6 Å². The molecule has 0 aliphatic carbocycles. The van der Waals surface area contributed by atoms with Gasteiger partial charge in [-0.15, -0.1) is 0 Å². The van der Waals surface area contributed by atoms with E-state index >= 15 is 0 Å². The molecule has 0 spiro atoms. The molecule has 0 aliphatic heterocycles. The fourth-order valence-corrected chi connectivity index (χ4v) is 0.656. The normalized spacial score (nSPS) is 14.8. The molecule has 0 amide bonds. The number of hydrogen-bond donors (Lipinski definition) is 0. The molecule has 2 heteroatoms. The molecule has 1 atom stereocenters. The molecule has 0 N–H and O–H groups in total. The Morgan fingerprint density at radius 2 is 1.92 bits per heavy atom. The Bertz CT molecular complexity index is 175. The second kappa shape index (κ2) is 4.29. The van der Waals surface area contributed by atoms with Crippen molar-refractivity contribution in [1.29, 1.82) is 0 Å². The van der Waals surface area contributed by atoms with Crippen molar-refractivity contribution in [1.82, 2.24) is 0 Å². The molecule has 0 bridgehead atoms. The number of carbonyl (C=O) groups is 1. The molecule has 0 unspecified atom stereocenters. The quantitative estimate of drug-likeness (QED) is 0.470. The summed E-state index contributed by atoms with van der Waals surface area (Å²) in [5, 5.41) is 0. The third-order valence-corrected chi connectivity index (χ3v) is 1.37. The summed E-state index contributed by atoms with van der Waals surface area (Å²) >= 11 is 0. The third kappa shape index (κ3) is 4.16. The van der Waals surface area contributed by atoms with Crippen molar-refractivity contribution in [3.8, 4) is 0 Å². The minimum atomic E-state index is -0.407. The van der Waals surface area contributed by atoms with Gasteiger partial charge in [-0.05, 0) is 40.7 Å². The second-order valence-electron chi connectivity index (χ2n) is 3.89. The maximum Gasteiger partial charge on any atom is 0.311 e. The van der Waals surface area contributed by atoms with Gasteiger partial charge >= 0.3 is 5.97 Å². The van der Waals surface area contributed by atoms with Gasteiger partial charge in [0.25, 0.3) is 0 Å². The van der Waals surface area contributed by atoms with Gasteiger partial charge in [-0.25, -0.2) is 0 Å². The van der Waals surface area contributed by atoms with E-state index in [0.717, 1.165) is 0 Å². The summed E-state index contributed by atoms with van der Waals surface area (Å²) in [5.74, 6) is -0.159. The smallest absolute Gasteiger partial charge is 0.311 e. The summed E-state index contributed by atoms with van der Waals surface area (Å²) in [5.41, 5.74) is -0.407. The van der Waals surface area contributed by atoms with Gasteiger partial charge in [0.1, 0.15) is 6.10 Å². The van der Waals surface area contributed by atoms with Crippen LogP contribution in [0.15, 0.2) is 12.2 Å². The SMILES string of the molecule is C/C=C/[C@@H](C)OC(=O)C(C)(C)C. The maximum atomic E-state index is 11.3. The number of allylic oxidation sites excluding steroid dienone is 1. The summed E-state index contributed by atoms with van der Waals surface area (Å²) in [6.45, 7) is 9.29. The van der Waals surface area contributed by atoms with Crippen molar-refractivity contribution in [2.75, 3.05) is 0 Å². The molecule has 12 heavy (non-hydrogen) atoms. The van der Waals surface area contributed by atoms with Crippen LogP contribution in [0.2, 0.25) is 0 Å². The lowest BCUT2D eigenvalue weighted by atomic mass is 9.97. The molecule has 0 aliphatic rings. The van der Waals surface area contributed by atoms with Crippen LogP contribution >= 0.6 is 0 Å². The zero-order chi connectivity index (χ0) is 9.78. The van der Waals surface area contributed by atoms with E-state index in [0.29, 0.717) is 0 Å². The van der Waals surface area contributed by atoms with E-state index in [2.05, 4.69) is 0 Å². The van der Waals surface area contributed by atoms with Crippen LogP contribution in [-0.2, 0) is 9.53 Å². The number of carbonyl (C=O) groups excluding carboxylic acids is 1. The largest absolute Gasteiger partial charge is 0.458 e. The molecule has 0 aromatic heterocycles. The van der Waals surface area contributed by atoms with Gasteiger partial charge < -0.3 is 4.74 Å². The van der Waals surface area contributed by atoms with E-state index in [-0.39, 0.29) is 12.1 Å². The molecule has 0 heterocycles. The lowest BCUT2D eigenvalue weighted by Gasteiger charge is -2.18. The molecule has 0 aromatic carbocycles. The van der Waals surface area contributed by atoms with Crippen LogP contribution in [0.1, 0.15) is 34.6 Å². The lowest BCUT2D eigenvalue weighted by Crippen LogP contribution is -2.26. The van der Waals surface area contributed by atoms with E-state index < -0.39 is 5.41 Å². The van der Waals surface area contributed by atoms with Crippen LogP contribution in [0.25, 0.3) is 0 Å². The summed E-state index contributed by atoms with van der Waals surface area (Å²) in [6.07, 6.45) is 3.60. The van der Waals surface area contributed by atoms with E-state index in [1.807, 2.05) is 46.8 Å². The van der Waals surface area contributed by atoms with Crippen LogP contribution in [0.3, 0.4) is 0 Å². The molecular formula is C10H18O2. The van der Waals surface area contributed by atoms with Crippen molar-refractivity contribution >= 4 is 5.97 Å². The molecule has 0 fully saturated rings.